The second-order valence-corrected chi connectivity index (χ2v) is 5.42. The van der Waals surface area contributed by atoms with Crippen molar-refractivity contribution in [2.45, 2.75) is 6.18 Å². The number of urea groups is 1. The van der Waals surface area contributed by atoms with Crippen molar-refractivity contribution < 1.29 is 27.9 Å². The van der Waals surface area contributed by atoms with Gasteiger partial charge in [-0.05, 0) is 18.2 Å². The number of nitrogens with zero attached hydrogens (tertiary/aromatic N) is 1. The number of alkyl halides is 3. The summed E-state index contributed by atoms with van der Waals surface area (Å²) in [5.41, 5.74) is -0.901. The van der Waals surface area contributed by atoms with Crippen LogP contribution < -0.4 is 5.32 Å². The fourth-order valence-electron chi connectivity index (χ4n) is 1.82. The number of aliphatic carboxylic acids is 1. The first kappa shape index (κ1) is 15.6. The molecule has 0 bridgehead atoms. The van der Waals surface area contributed by atoms with Gasteiger partial charge in [0.25, 0.3) is 0 Å². The number of carbonyl (C=O) groups excluding carboxylic acids is 1. The van der Waals surface area contributed by atoms with E-state index in [-0.39, 0.29) is 23.2 Å². The van der Waals surface area contributed by atoms with Gasteiger partial charge >= 0.3 is 18.2 Å². The van der Waals surface area contributed by atoms with Crippen LogP contribution in [-0.2, 0) is 11.0 Å². The van der Waals surface area contributed by atoms with Gasteiger partial charge in [-0.3, -0.25) is 4.79 Å². The number of hydrogen-bond acceptors (Lipinski definition) is 2. The van der Waals surface area contributed by atoms with Gasteiger partial charge < -0.3 is 15.3 Å². The molecule has 21 heavy (non-hydrogen) atoms. The summed E-state index contributed by atoms with van der Waals surface area (Å²) in [5, 5.41) is 11.0. The highest BCUT2D eigenvalue weighted by molar-refractivity contribution is 9.10. The molecule has 1 saturated heterocycles. The van der Waals surface area contributed by atoms with Crippen molar-refractivity contribution in [1.29, 1.82) is 0 Å². The highest BCUT2D eigenvalue weighted by atomic mass is 79.9. The predicted octanol–water partition coefficient (Wildman–Crippen LogP) is 3.02. The molecule has 0 radical (unpaired) electrons. The first-order valence-corrected chi connectivity index (χ1v) is 6.63. The number of amides is 2. The normalized spacial score (nSPS) is 15.5. The smallest absolute Gasteiger partial charge is 0.417 e. The Morgan fingerprint density at radius 2 is 1.95 bits per heavy atom. The van der Waals surface area contributed by atoms with Gasteiger partial charge in [-0.1, -0.05) is 15.9 Å². The van der Waals surface area contributed by atoms with Crippen molar-refractivity contribution in [3.63, 3.8) is 0 Å². The zero-order valence-electron chi connectivity index (χ0n) is 10.4. The number of nitrogens with one attached hydrogen (secondary N) is 1. The highest BCUT2D eigenvalue weighted by Gasteiger charge is 2.36. The molecule has 1 aromatic rings. The lowest BCUT2D eigenvalue weighted by Gasteiger charge is -2.36. The third kappa shape index (κ3) is 3.46. The molecule has 2 N–H and O–H groups in total. The van der Waals surface area contributed by atoms with Gasteiger partial charge in [0.05, 0.1) is 11.5 Å². The quantitative estimate of drug-likeness (QED) is 0.845. The van der Waals surface area contributed by atoms with Crippen molar-refractivity contribution in [1.82, 2.24) is 4.90 Å². The maximum Gasteiger partial charge on any atom is 0.417 e. The molecule has 2 amide bonds. The number of halogens is 4. The molecule has 0 aliphatic carbocycles. The van der Waals surface area contributed by atoms with E-state index in [1.165, 1.54) is 17.0 Å². The summed E-state index contributed by atoms with van der Waals surface area (Å²) in [4.78, 5) is 23.6. The van der Waals surface area contributed by atoms with Crippen LogP contribution in [0.15, 0.2) is 22.7 Å². The third-order valence-corrected chi connectivity index (χ3v) is 3.73. The van der Waals surface area contributed by atoms with Crippen LogP contribution in [0.3, 0.4) is 0 Å². The van der Waals surface area contributed by atoms with Gasteiger partial charge in [0.15, 0.2) is 0 Å². The molecule has 1 aliphatic rings. The fraction of sp³-hybridized carbons (Fsp3) is 0.333. The van der Waals surface area contributed by atoms with Crippen LogP contribution >= 0.6 is 15.9 Å². The van der Waals surface area contributed by atoms with Crippen molar-refractivity contribution in [2.75, 3.05) is 18.4 Å². The lowest BCUT2D eigenvalue weighted by atomic mass is 10.0. The third-order valence-electron chi connectivity index (χ3n) is 3.04. The van der Waals surface area contributed by atoms with E-state index in [1.807, 2.05) is 0 Å². The number of likely N-dealkylation sites (tertiary alicyclic amines) is 1. The van der Waals surface area contributed by atoms with Crippen LogP contribution in [0.1, 0.15) is 5.56 Å². The van der Waals surface area contributed by atoms with Crippen molar-refractivity contribution in [3.8, 4) is 0 Å². The van der Waals surface area contributed by atoms with Crippen LogP contribution in [0.2, 0.25) is 0 Å². The van der Waals surface area contributed by atoms with E-state index < -0.39 is 29.7 Å². The monoisotopic (exact) mass is 366 g/mol. The molecule has 1 heterocycles. The Labute approximate surface area is 125 Å². The molecule has 2 rings (SSSR count). The number of anilines is 1. The van der Waals surface area contributed by atoms with Crippen LogP contribution in [0.25, 0.3) is 0 Å². The Bertz CT molecular complexity index is 586. The average molecular weight is 367 g/mol. The van der Waals surface area contributed by atoms with Crippen molar-refractivity contribution in [2.24, 2.45) is 5.92 Å². The van der Waals surface area contributed by atoms with Crippen LogP contribution in [-0.4, -0.2) is 35.1 Å². The van der Waals surface area contributed by atoms with E-state index in [0.29, 0.717) is 0 Å². The van der Waals surface area contributed by atoms with Crippen LogP contribution in [0, 0.1) is 5.92 Å². The number of carboxylic acids is 1. The van der Waals surface area contributed by atoms with Crippen LogP contribution in [0.5, 0.6) is 0 Å². The van der Waals surface area contributed by atoms with Gasteiger partial charge in [-0.25, -0.2) is 4.79 Å². The Kier molecular flexibility index (Phi) is 4.13. The van der Waals surface area contributed by atoms with Gasteiger partial charge in [-0.15, -0.1) is 0 Å². The number of carboxylic acid groups (broad SMARTS) is 1. The summed E-state index contributed by atoms with van der Waals surface area (Å²) in [7, 11) is 0. The largest absolute Gasteiger partial charge is 0.481 e. The Hall–Kier alpha value is -1.77. The fourth-order valence-corrected chi connectivity index (χ4v) is 2.29. The van der Waals surface area contributed by atoms with Gasteiger partial charge in [0.2, 0.25) is 0 Å². The molecular weight excluding hydrogens is 357 g/mol. The maximum atomic E-state index is 12.7. The molecule has 114 valence electrons. The van der Waals surface area contributed by atoms with Crippen molar-refractivity contribution in [3.05, 3.63) is 28.2 Å². The molecule has 9 heteroatoms. The molecule has 0 aromatic heterocycles. The topological polar surface area (TPSA) is 69.6 Å². The van der Waals surface area contributed by atoms with Crippen LogP contribution in [0.4, 0.5) is 23.7 Å². The van der Waals surface area contributed by atoms with Gasteiger partial charge in [0.1, 0.15) is 0 Å². The minimum Gasteiger partial charge on any atom is -0.481 e. The summed E-state index contributed by atoms with van der Waals surface area (Å²) in [5.74, 6) is -1.62. The second-order valence-electron chi connectivity index (χ2n) is 4.56. The van der Waals surface area contributed by atoms with Gasteiger partial charge in [0, 0.05) is 23.2 Å². The lowest BCUT2D eigenvalue weighted by molar-refractivity contribution is -0.146. The van der Waals surface area contributed by atoms with Crippen molar-refractivity contribution >= 4 is 33.6 Å². The Balaban J connectivity index is 2.04. The van der Waals surface area contributed by atoms with E-state index >= 15 is 0 Å². The molecule has 0 atom stereocenters. The summed E-state index contributed by atoms with van der Waals surface area (Å²) < 4.78 is 38.0. The molecule has 1 aromatic carbocycles. The Morgan fingerprint density at radius 3 is 2.48 bits per heavy atom. The van der Waals surface area contributed by atoms with E-state index in [2.05, 4.69) is 21.2 Å². The average Bonchev–Trinajstić information content (AvgIpc) is 2.27. The van der Waals surface area contributed by atoms with E-state index in [0.717, 1.165) is 6.07 Å². The standard InChI is InChI=1S/C12H10BrF3N2O3/c13-9-2-1-7(3-8(9)12(14,15)16)17-11(21)18-4-6(5-18)10(19)20/h1-3,6H,4-5H2,(H,17,21)(H,19,20). The molecule has 0 saturated carbocycles. The van der Waals surface area contributed by atoms with E-state index in [9.17, 15) is 22.8 Å². The zero-order chi connectivity index (χ0) is 15.8. The number of rotatable bonds is 2. The first-order valence-electron chi connectivity index (χ1n) is 5.84. The first-order chi connectivity index (χ1) is 9.68. The number of benzene rings is 1. The summed E-state index contributed by atoms with van der Waals surface area (Å²) in [6.07, 6.45) is -4.54. The highest BCUT2D eigenvalue weighted by Crippen LogP contribution is 2.36. The Morgan fingerprint density at radius 1 is 1.33 bits per heavy atom. The maximum absolute atomic E-state index is 12.7. The van der Waals surface area contributed by atoms with Gasteiger partial charge in [-0.2, -0.15) is 13.2 Å². The van der Waals surface area contributed by atoms with E-state index in [4.69, 9.17) is 5.11 Å². The molecule has 0 unspecified atom stereocenters. The molecule has 5 nitrogen and oxygen atoms in total. The SMILES string of the molecule is O=C(O)C1CN(C(=O)Nc2ccc(Br)c(C(F)(F)F)c2)C1. The summed E-state index contributed by atoms with van der Waals surface area (Å²) in [6, 6.07) is 2.71. The molecule has 1 aliphatic heterocycles. The number of carbonyl (C=O) groups is 2. The lowest BCUT2D eigenvalue weighted by Crippen LogP contribution is -2.54. The molecule has 1 fully saturated rings. The molecular formula is C12H10BrF3N2O3. The minimum atomic E-state index is -4.54. The summed E-state index contributed by atoms with van der Waals surface area (Å²) >= 11 is 2.80. The van der Waals surface area contributed by atoms with E-state index in [1.54, 1.807) is 0 Å². The predicted molar refractivity (Wildman–Crippen MR) is 70.9 cm³/mol. The number of hydrogen-bond donors (Lipinski definition) is 2. The minimum absolute atomic E-state index is 0.00528. The second kappa shape index (κ2) is 5.55. The zero-order valence-corrected chi connectivity index (χ0v) is 12.0. The molecule has 0 spiro atoms. The summed E-state index contributed by atoms with van der Waals surface area (Å²) in [6.45, 7) is 0.0909.